The maximum atomic E-state index is 12.4. The van der Waals surface area contributed by atoms with E-state index in [1.54, 1.807) is 12.0 Å². The molecule has 0 saturated heterocycles. The van der Waals surface area contributed by atoms with Gasteiger partial charge >= 0.3 is 0 Å². The molecule has 0 fully saturated rings. The molecule has 0 bridgehead atoms. The van der Waals surface area contributed by atoms with Gasteiger partial charge in [-0.1, -0.05) is 32.0 Å². The Morgan fingerprint density at radius 1 is 1.00 bits per heavy atom. The van der Waals surface area contributed by atoms with E-state index in [4.69, 9.17) is 4.74 Å². The third-order valence-corrected chi connectivity index (χ3v) is 3.93. The maximum absolute atomic E-state index is 12.4. The number of hydrogen-bond donors (Lipinski definition) is 0. The molecule has 0 saturated carbocycles. The third kappa shape index (κ3) is 6.22. The summed E-state index contributed by atoms with van der Waals surface area (Å²) in [5, 5.41) is 0. The molecule has 0 spiro atoms. The SMILES string of the molecule is CCCN(CCC)C(=O)CCN(Cc1ccccc1OC)C(C)=O. The molecule has 0 heterocycles. The van der Waals surface area contributed by atoms with E-state index in [2.05, 4.69) is 13.8 Å². The number of amides is 2. The lowest BCUT2D eigenvalue weighted by Gasteiger charge is -2.25. The summed E-state index contributed by atoms with van der Waals surface area (Å²) in [6.45, 7) is 8.11. The fourth-order valence-corrected chi connectivity index (χ4v) is 2.68. The zero-order chi connectivity index (χ0) is 17.9. The van der Waals surface area contributed by atoms with Gasteiger partial charge in [-0.2, -0.15) is 0 Å². The van der Waals surface area contributed by atoms with Gasteiger partial charge in [-0.3, -0.25) is 9.59 Å². The Morgan fingerprint density at radius 3 is 2.17 bits per heavy atom. The van der Waals surface area contributed by atoms with Crippen molar-refractivity contribution >= 4 is 11.8 Å². The Kier molecular flexibility index (Phi) is 8.90. The molecule has 5 heteroatoms. The average molecular weight is 334 g/mol. The summed E-state index contributed by atoms with van der Waals surface area (Å²) >= 11 is 0. The van der Waals surface area contributed by atoms with Gasteiger partial charge in [-0.05, 0) is 18.9 Å². The van der Waals surface area contributed by atoms with Crippen LogP contribution in [0.25, 0.3) is 0 Å². The molecule has 0 radical (unpaired) electrons. The number of rotatable bonds is 10. The normalized spacial score (nSPS) is 10.3. The summed E-state index contributed by atoms with van der Waals surface area (Å²) in [7, 11) is 1.62. The van der Waals surface area contributed by atoms with Crippen LogP contribution >= 0.6 is 0 Å². The Bertz CT molecular complexity index is 525. The number of hydrogen-bond acceptors (Lipinski definition) is 3. The van der Waals surface area contributed by atoms with E-state index < -0.39 is 0 Å². The first-order valence-electron chi connectivity index (χ1n) is 8.68. The Hall–Kier alpha value is -2.04. The van der Waals surface area contributed by atoms with Crippen LogP contribution < -0.4 is 4.74 Å². The summed E-state index contributed by atoms with van der Waals surface area (Å²) in [6, 6.07) is 7.64. The van der Waals surface area contributed by atoms with Crippen LogP contribution in [0.1, 0.15) is 45.6 Å². The molecule has 1 rings (SSSR count). The highest BCUT2D eigenvalue weighted by molar-refractivity contribution is 5.78. The molecule has 1 aromatic rings. The van der Waals surface area contributed by atoms with Crippen molar-refractivity contribution < 1.29 is 14.3 Å². The van der Waals surface area contributed by atoms with Gasteiger partial charge < -0.3 is 14.5 Å². The fourth-order valence-electron chi connectivity index (χ4n) is 2.68. The van der Waals surface area contributed by atoms with Crippen LogP contribution in [0.2, 0.25) is 0 Å². The van der Waals surface area contributed by atoms with Crippen molar-refractivity contribution in [2.45, 2.75) is 46.6 Å². The summed E-state index contributed by atoms with van der Waals surface area (Å²) in [5.41, 5.74) is 0.946. The minimum absolute atomic E-state index is 0.0359. The van der Waals surface area contributed by atoms with Gasteiger partial charge in [0, 0.05) is 45.1 Å². The molecule has 0 N–H and O–H groups in total. The molecular formula is C19H30N2O3. The molecule has 0 aliphatic heterocycles. The highest BCUT2D eigenvalue weighted by Crippen LogP contribution is 2.19. The lowest BCUT2D eigenvalue weighted by Crippen LogP contribution is -2.37. The second-order valence-electron chi connectivity index (χ2n) is 5.88. The van der Waals surface area contributed by atoms with Crippen LogP contribution in [0.15, 0.2) is 24.3 Å². The zero-order valence-corrected chi connectivity index (χ0v) is 15.4. The van der Waals surface area contributed by atoms with E-state index in [1.807, 2.05) is 29.2 Å². The quantitative estimate of drug-likeness (QED) is 0.661. The monoisotopic (exact) mass is 334 g/mol. The average Bonchev–Trinajstić information content (AvgIpc) is 2.58. The third-order valence-electron chi connectivity index (χ3n) is 3.93. The fraction of sp³-hybridized carbons (Fsp3) is 0.579. The minimum atomic E-state index is -0.0359. The van der Waals surface area contributed by atoms with Crippen molar-refractivity contribution in [3.63, 3.8) is 0 Å². The molecule has 0 atom stereocenters. The van der Waals surface area contributed by atoms with Gasteiger partial charge in [-0.15, -0.1) is 0 Å². The van der Waals surface area contributed by atoms with Gasteiger partial charge in [0.2, 0.25) is 11.8 Å². The van der Waals surface area contributed by atoms with Crippen LogP contribution in [-0.2, 0) is 16.1 Å². The van der Waals surface area contributed by atoms with E-state index in [1.165, 1.54) is 6.92 Å². The number of nitrogens with zero attached hydrogens (tertiary/aromatic N) is 2. The van der Waals surface area contributed by atoms with Gasteiger partial charge in [0.1, 0.15) is 5.75 Å². The highest BCUT2D eigenvalue weighted by atomic mass is 16.5. The number of carbonyl (C=O) groups excluding carboxylic acids is 2. The number of methoxy groups -OCH3 is 1. The standard InChI is InChI=1S/C19H30N2O3/c1-5-12-20(13-6-2)19(23)11-14-21(16(3)22)15-17-9-7-8-10-18(17)24-4/h7-10H,5-6,11-15H2,1-4H3. The van der Waals surface area contributed by atoms with Crippen molar-refractivity contribution in [3.8, 4) is 5.75 Å². The maximum Gasteiger partial charge on any atom is 0.224 e. The van der Waals surface area contributed by atoms with E-state index in [0.29, 0.717) is 19.5 Å². The van der Waals surface area contributed by atoms with Crippen LogP contribution in [0.4, 0.5) is 0 Å². The van der Waals surface area contributed by atoms with Crippen LogP contribution in [0, 0.1) is 0 Å². The van der Waals surface area contributed by atoms with Gasteiger partial charge in [0.25, 0.3) is 0 Å². The summed E-state index contributed by atoms with van der Waals surface area (Å²) in [4.78, 5) is 27.9. The molecule has 1 aromatic carbocycles. The molecule has 5 nitrogen and oxygen atoms in total. The van der Waals surface area contributed by atoms with Gasteiger partial charge in [0.05, 0.1) is 7.11 Å². The van der Waals surface area contributed by atoms with Crippen LogP contribution in [0.5, 0.6) is 5.75 Å². The number of carbonyl (C=O) groups is 2. The number of para-hydroxylation sites is 1. The summed E-state index contributed by atoms with van der Waals surface area (Å²) < 4.78 is 5.34. The highest BCUT2D eigenvalue weighted by Gasteiger charge is 2.17. The van der Waals surface area contributed by atoms with Crippen LogP contribution in [0.3, 0.4) is 0 Å². The molecule has 0 aliphatic rings. The van der Waals surface area contributed by atoms with Crippen molar-refractivity contribution in [2.24, 2.45) is 0 Å². The molecule has 2 amide bonds. The van der Waals surface area contributed by atoms with E-state index in [0.717, 1.165) is 37.2 Å². The number of ether oxygens (including phenoxy) is 1. The predicted molar refractivity (Wildman–Crippen MR) is 95.9 cm³/mol. The molecule has 0 unspecified atom stereocenters. The van der Waals surface area contributed by atoms with Crippen molar-refractivity contribution in [2.75, 3.05) is 26.7 Å². The Morgan fingerprint density at radius 2 is 1.62 bits per heavy atom. The van der Waals surface area contributed by atoms with E-state index in [-0.39, 0.29) is 11.8 Å². The molecule has 134 valence electrons. The number of benzene rings is 1. The summed E-state index contributed by atoms with van der Waals surface area (Å²) in [5.74, 6) is 0.838. The molecule has 24 heavy (non-hydrogen) atoms. The van der Waals surface area contributed by atoms with Crippen molar-refractivity contribution in [1.82, 2.24) is 9.80 Å². The first kappa shape index (κ1) is 20.0. The second kappa shape index (κ2) is 10.7. The Balaban J connectivity index is 2.69. The molecular weight excluding hydrogens is 304 g/mol. The summed E-state index contributed by atoms with van der Waals surface area (Å²) in [6.07, 6.45) is 2.25. The van der Waals surface area contributed by atoms with Crippen molar-refractivity contribution in [1.29, 1.82) is 0 Å². The smallest absolute Gasteiger partial charge is 0.224 e. The topological polar surface area (TPSA) is 49.9 Å². The minimum Gasteiger partial charge on any atom is -0.496 e. The van der Waals surface area contributed by atoms with Crippen molar-refractivity contribution in [3.05, 3.63) is 29.8 Å². The van der Waals surface area contributed by atoms with Gasteiger partial charge in [0.15, 0.2) is 0 Å². The molecule has 0 aliphatic carbocycles. The van der Waals surface area contributed by atoms with Gasteiger partial charge in [-0.25, -0.2) is 0 Å². The predicted octanol–water partition coefficient (Wildman–Crippen LogP) is 3.08. The second-order valence-corrected chi connectivity index (χ2v) is 5.88. The molecule has 0 aromatic heterocycles. The van der Waals surface area contributed by atoms with E-state index >= 15 is 0 Å². The Labute approximate surface area is 145 Å². The van der Waals surface area contributed by atoms with E-state index in [9.17, 15) is 9.59 Å². The lowest BCUT2D eigenvalue weighted by molar-refractivity contribution is -0.133. The first-order valence-corrected chi connectivity index (χ1v) is 8.68. The van der Waals surface area contributed by atoms with Crippen LogP contribution in [-0.4, -0.2) is 48.4 Å². The zero-order valence-electron chi connectivity index (χ0n) is 15.4. The first-order chi connectivity index (χ1) is 11.5. The largest absolute Gasteiger partial charge is 0.496 e. The lowest BCUT2D eigenvalue weighted by atomic mass is 10.1.